The van der Waals surface area contributed by atoms with Crippen molar-refractivity contribution in [1.29, 1.82) is 5.26 Å². The van der Waals surface area contributed by atoms with Crippen molar-refractivity contribution in [2.24, 2.45) is 0 Å². The van der Waals surface area contributed by atoms with Crippen LogP contribution in [0.15, 0.2) is 18.2 Å². The summed E-state index contributed by atoms with van der Waals surface area (Å²) in [6.45, 7) is 1.53. The number of halogens is 1. The molecule has 1 N–H and O–H groups in total. The number of anilines is 1. The van der Waals surface area contributed by atoms with E-state index >= 15 is 0 Å². The Kier molecular flexibility index (Phi) is 7.02. The topological polar surface area (TPSA) is 76.4 Å². The Morgan fingerprint density at radius 1 is 1.17 bits per heavy atom. The van der Waals surface area contributed by atoms with Gasteiger partial charge in [-0.1, -0.05) is 30.9 Å². The van der Waals surface area contributed by atoms with Crippen LogP contribution in [-0.4, -0.2) is 53.8 Å². The minimum absolute atomic E-state index is 0.0144. The summed E-state index contributed by atoms with van der Waals surface area (Å²) in [5.74, 6) is -0.199. The van der Waals surface area contributed by atoms with Gasteiger partial charge in [0.15, 0.2) is 0 Å². The Morgan fingerprint density at radius 3 is 2.48 bits per heavy atom. The van der Waals surface area contributed by atoms with Gasteiger partial charge in [-0.15, -0.1) is 0 Å². The number of hydrogen-bond donors (Lipinski definition) is 1. The van der Waals surface area contributed by atoms with Crippen LogP contribution in [0.3, 0.4) is 0 Å². The van der Waals surface area contributed by atoms with Crippen molar-refractivity contribution in [2.75, 3.05) is 32.0 Å². The van der Waals surface area contributed by atoms with Gasteiger partial charge in [0.2, 0.25) is 5.91 Å². The van der Waals surface area contributed by atoms with E-state index in [4.69, 9.17) is 11.6 Å². The molecule has 1 saturated heterocycles. The van der Waals surface area contributed by atoms with Gasteiger partial charge < -0.3 is 15.1 Å². The van der Waals surface area contributed by atoms with Crippen LogP contribution in [0, 0.1) is 11.3 Å². The maximum absolute atomic E-state index is 13.0. The first-order valence-corrected chi connectivity index (χ1v) is 10.9. The van der Waals surface area contributed by atoms with Crippen molar-refractivity contribution >= 4 is 29.1 Å². The molecular weight excluding hydrogens is 388 g/mol. The molecule has 0 radical (unpaired) electrons. The van der Waals surface area contributed by atoms with Gasteiger partial charge in [0.25, 0.3) is 5.91 Å². The fourth-order valence-corrected chi connectivity index (χ4v) is 4.48. The van der Waals surface area contributed by atoms with Crippen molar-refractivity contribution in [3.05, 3.63) is 28.8 Å². The minimum atomic E-state index is -0.724. The SMILES string of the molecule is CN(C(=O)CNc1cc(Cl)ccc1C(=O)N1CCCCC1)C1(C#N)CCCCC1. The molecule has 2 fully saturated rings. The average Bonchev–Trinajstić information content (AvgIpc) is 2.77. The molecule has 2 aliphatic rings. The van der Waals surface area contributed by atoms with Crippen molar-refractivity contribution in [1.82, 2.24) is 9.80 Å². The summed E-state index contributed by atoms with van der Waals surface area (Å²) in [7, 11) is 1.70. The number of hydrogen-bond acceptors (Lipinski definition) is 4. The van der Waals surface area contributed by atoms with Crippen LogP contribution in [0.2, 0.25) is 5.02 Å². The van der Waals surface area contributed by atoms with Crippen LogP contribution < -0.4 is 5.32 Å². The number of amides is 2. The summed E-state index contributed by atoms with van der Waals surface area (Å²) in [6, 6.07) is 7.48. The summed E-state index contributed by atoms with van der Waals surface area (Å²) >= 11 is 6.15. The number of likely N-dealkylation sites (tertiary alicyclic amines) is 1. The monoisotopic (exact) mass is 416 g/mol. The molecule has 6 nitrogen and oxygen atoms in total. The smallest absolute Gasteiger partial charge is 0.255 e. The van der Waals surface area contributed by atoms with Crippen LogP contribution in [0.4, 0.5) is 5.69 Å². The van der Waals surface area contributed by atoms with Gasteiger partial charge in [-0.2, -0.15) is 5.26 Å². The second-order valence-corrected chi connectivity index (χ2v) is 8.49. The van der Waals surface area contributed by atoms with Gasteiger partial charge in [0.05, 0.1) is 18.2 Å². The van der Waals surface area contributed by atoms with Gasteiger partial charge in [0, 0.05) is 30.8 Å². The fourth-order valence-electron chi connectivity index (χ4n) is 4.30. The number of nitrogens with one attached hydrogen (secondary N) is 1. The van der Waals surface area contributed by atoms with E-state index in [1.807, 2.05) is 4.90 Å². The van der Waals surface area contributed by atoms with Crippen LogP contribution in [0.1, 0.15) is 61.7 Å². The summed E-state index contributed by atoms with van der Waals surface area (Å²) < 4.78 is 0. The number of benzene rings is 1. The maximum atomic E-state index is 13.0. The Balaban J connectivity index is 1.71. The zero-order valence-corrected chi connectivity index (χ0v) is 17.8. The number of nitrogens with zero attached hydrogens (tertiary/aromatic N) is 3. The van der Waals surface area contributed by atoms with Gasteiger partial charge in [-0.05, 0) is 50.3 Å². The fraction of sp³-hybridized carbons (Fsp3) is 0.591. The molecule has 3 rings (SSSR count). The Morgan fingerprint density at radius 2 is 1.83 bits per heavy atom. The van der Waals surface area contributed by atoms with E-state index in [1.165, 1.54) is 0 Å². The van der Waals surface area contributed by atoms with Gasteiger partial charge in [-0.3, -0.25) is 9.59 Å². The maximum Gasteiger partial charge on any atom is 0.255 e. The molecule has 0 aromatic heterocycles. The molecule has 156 valence electrons. The summed E-state index contributed by atoms with van der Waals surface area (Å²) in [6.07, 6.45) is 7.63. The normalized spacial score (nSPS) is 18.6. The molecular formula is C22H29ClN4O2. The Labute approximate surface area is 177 Å². The second-order valence-electron chi connectivity index (χ2n) is 8.05. The van der Waals surface area contributed by atoms with E-state index in [1.54, 1.807) is 30.1 Å². The highest BCUT2D eigenvalue weighted by Gasteiger charge is 2.38. The zero-order chi connectivity index (χ0) is 20.9. The number of piperidine rings is 1. The molecule has 1 aromatic carbocycles. The lowest BCUT2D eigenvalue weighted by Gasteiger charge is -2.39. The first kappa shape index (κ1) is 21.4. The molecule has 0 bridgehead atoms. The number of rotatable bonds is 5. The molecule has 29 heavy (non-hydrogen) atoms. The largest absolute Gasteiger partial charge is 0.375 e. The van der Waals surface area contributed by atoms with E-state index in [0.29, 0.717) is 29.1 Å². The second kappa shape index (κ2) is 9.49. The third kappa shape index (κ3) is 4.84. The summed E-state index contributed by atoms with van der Waals surface area (Å²) in [5.41, 5.74) is 0.363. The van der Waals surface area contributed by atoms with E-state index < -0.39 is 5.54 Å². The van der Waals surface area contributed by atoms with Crippen LogP contribution in [-0.2, 0) is 4.79 Å². The predicted octanol–water partition coefficient (Wildman–Crippen LogP) is 4.06. The third-order valence-electron chi connectivity index (χ3n) is 6.19. The number of carbonyl (C=O) groups excluding carboxylic acids is 2. The van der Waals surface area contributed by atoms with E-state index in [0.717, 1.165) is 51.6 Å². The first-order chi connectivity index (χ1) is 14.0. The zero-order valence-electron chi connectivity index (χ0n) is 17.0. The number of nitriles is 1. The standard InChI is InChI=1S/C22H29ClN4O2/c1-26(22(16-24)10-4-2-5-11-22)20(28)15-25-19-14-17(23)8-9-18(19)21(29)27-12-6-3-7-13-27/h8-9,14,25H,2-7,10-13,15H2,1H3. The van der Waals surface area contributed by atoms with Crippen molar-refractivity contribution in [3.63, 3.8) is 0 Å². The van der Waals surface area contributed by atoms with Crippen molar-refractivity contribution in [2.45, 2.75) is 56.9 Å². The highest BCUT2D eigenvalue weighted by atomic mass is 35.5. The molecule has 7 heteroatoms. The molecule has 0 spiro atoms. The lowest BCUT2D eigenvalue weighted by atomic mass is 9.81. The van der Waals surface area contributed by atoms with E-state index in [-0.39, 0.29) is 18.4 Å². The van der Waals surface area contributed by atoms with Gasteiger partial charge >= 0.3 is 0 Å². The minimum Gasteiger partial charge on any atom is -0.375 e. The average molecular weight is 417 g/mol. The summed E-state index contributed by atoms with van der Waals surface area (Å²) in [4.78, 5) is 29.2. The Hall–Kier alpha value is -2.26. The van der Waals surface area contributed by atoms with Crippen molar-refractivity contribution < 1.29 is 9.59 Å². The van der Waals surface area contributed by atoms with E-state index in [9.17, 15) is 14.9 Å². The lowest BCUT2D eigenvalue weighted by Crippen LogP contribution is -2.51. The summed E-state index contributed by atoms with van der Waals surface area (Å²) in [5, 5.41) is 13.3. The molecule has 0 unspecified atom stereocenters. The molecule has 1 heterocycles. The van der Waals surface area contributed by atoms with Crippen LogP contribution in [0.25, 0.3) is 0 Å². The quantitative estimate of drug-likeness (QED) is 0.785. The molecule has 1 aromatic rings. The Bertz CT molecular complexity index is 792. The van der Waals surface area contributed by atoms with Gasteiger partial charge in [0.1, 0.15) is 5.54 Å². The first-order valence-electron chi connectivity index (χ1n) is 10.5. The van der Waals surface area contributed by atoms with Gasteiger partial charge in [-0.25, -0.2) is 0 Å². The van der Waals surface area contributed by atoms with Crippen molar-refractivity contribution in [3.8, 4) is 6.07 Å². The third-order valence-corrected chi connectivity index (χ3v) is 6.43. The molecule has 0 atom stereocenters. The highest BCUT2D eigenvalue weighted by Crippen LogP contribution is 2.32. The van der Waals surface area contributed by atoms with Crippen LogP contribution >= 0.6 is 11.6 Å². The molecule has 1 aliphatic carbocycles. The van der Waals surface area contributed by atoms with Crippen LogP contribution in [0.5, 0.6) is 0 Å². The lowest BCUT2D eigenvalue weighted by molar-refractivity contribution is -0.132. The predicted molar refractivity (Wildman–Crippen MR) is 114 cm³/mol. The molecule has 1 saturated carbocycles. The van der Waals surface area contributed by atoms with E-state index in [2.05, 4.69) is 11.4 Å². The highest BCUT2D eigenvalue weighted by molar-refractivity contribution is 6.31. The molecule has 1 aliphatic heterocycles. The number of carbonyl (C=O) groups is 2. The molecule has 2 amide bonds. The number of likely N-dealkylation sites (N-methyl/N-ethyl adjacent to an activating group) is 1.